The van der Waals surface area contributed by atoms with E-state index in [9.17, 15) is 4.79 Å². The van der Waals surface area contributed by atoms with Crippen LogP contribution >= 0.6 is 11.8 Å². The summed E-state index contributed by atoms with van der Waals surface area (Å²) in [6.07, 6.45) is 12.4. The van der Waals surface area contributed by atoms with E-state index in [0.29, 0.717) is 12.4 Å². The summed E-state index contributed by atoms with van der Waals surface area (Å²) in [6.45, 7) is 6.33. The summed E-state index contributed by atoms with van der Waals surface area (Å²) in [7, 11) is 3.99. The molecule has 1 aliphatic heterocycles. The van der Waals surface area contributed by atoms with Crippen LogP contribution in [0, 0.1) is 0 Å². The highest BCUT2D eigenvalue weighted by Crippen LogP contribution is 2.34. The van der Waals surface area contributed by atoms with Gasteiger partial charge in [-0.25, -0.2) is 4.98 Å². The van der Waals surface area contributed by atoms with Gasteiger partial charge in [0.15, 0.2) is 0 Å². The maximum atomic E-state index is 13.1. The van der Waals surface area contributed by atoms with E-state index in [2.05, 4.69) is 16.9 Å². The van der Waals surface area contributed by atoms with Crippen molar-refractivity contribution in [2.75, 3.05) is 31.8 Å². The third-order valence-corrected chi connectivity index (χ3v) is 4.98. The van der Waals surface area contributed by atoms with Crippen molar-refractivity contribution in [1.29, 1.82) is 0 Å². The molecule has 5 nitrogen and oxygen atoms in total. The molecular formula is C21H28N4OS. The highest BCUT2D eigenvalue weighted by atomic mass is 32.2. The van der Waals surface area contributed by atoms with Crippen molar-refractivity contribution >= 4 is 34.8 Å². The first-order valence-corrected chi connectivity index (χ1v) is 10.3. The van der Waals surface area contributed by atoms with Crippen molar-refractivity contribution < 1.29 is 4.79 Å². The van der Waals surface area contributed by atoms with Gasteiger partial charge in [-0.15, -0.1) is 11.8 Å². The first kappa shape index (κ1) is 21.0. The number of hydrogen-bond acceptors (Lipinski definition) is 5. The average Bonchev–Trinajstić information content (AvgIpc) is 2.80. The number of hydrogen-bond donors (Lipinski definition) is 0. The number of aliphatic imine (C=N–C) groups is 1. The Hall–Kier alpha value is -2.34. The average molecular weight is 385 g/mol. The number of amidine groups is 1. The van der Waals surface area contributed by atoms with E-state index in [1.54, 1.807) is 28.9 Å². The molecular weight excluding hydrogens is 356 g/mol. The topological polar surface area (TPSA) is 48.8 Å². The van der Waals surface area contributed by atoms with Gasteiger partial charge in [0.05, 0.1) is 6.54 Å². The van der Waals surface area contributed by atoms with Crippen LogP contribution in [0.4, 0.5) is 5.69 Å². The fourth-order valence-electron chi connectivity index (χ4n) is 2.96. The molecule has 2 heterocycles. The molecule has 0 spiro atoms. The fourth-order valence-corrected chi connectivity index (χ4v) is 3.56. The molecule has 1 aromatic rings. The maximum absolute atomic E-state index is 13.1. The van der Waals surface area contributed by atoms with Gasteiger partial charge in [0.25, 0.3) is 5.91 Å². The van der Waals surface area contributed by atoms with E-state index in [0.717, 1.165) is 34.0 Å². The van der Waals surface area contributed by atoms with E-state index < -0.39 is 0 Å². The lowest BCUT2D eigenvalue weighted by molar-refractivity contribution is -0.120. The molecule has 1 amide bonds. The lowest BCUT2D eigenvalue weighted by Crippen LogP contribution is -2.32. The summed E-state index contributed by atoms with van der Waals surface area (Å²) in [5.74, 6) is 0.610. The van der Waals surface area contributed by atoms with Gasteiger partial charge in [0.2, 0.25) is 0 Å². The Kier molecular flexibility index (Phi) is 7.42. The Bertz CT molecular complexity index is 821. The van der Waals surface area contributed by atoms with Crippen molar-refractivity contribution in [2.24, 2.45) is 4.99 Å². The molecule has 0 aromatic carbocycles. The molecule has 0 saturated carbocycles. The first-order chi connectivity index (χ1) is 12.9. The van der Waals surface area contributed by atoms with Gasteiger partial charge in [-0.3, -0.25) is 14.7 Å². The molecule has 0 radical (unpaired) electrons. The zero-order valence-electron chi connectivity index (χ0n) is 17.0. The maximum Gasteiger partial charge on any atom is 0.256 e. The summed E-state index contributed by atoms with van der Waals surface area (Å²) in [5, 5.41) is 0.902. The molecule has 0 unspecified atom stereocenters. The molecule has 0 bridgehead atoms. The predicted molar refractivity (Wildman–Crippen MR) is 116 cm³/mol. The summed E-state index contributed by atoms with van der Waals surface area (Å²) in [6, 6.07) is 1.97. The smallest absolute Gasteiger partial charge is 0.256 e. The zero-order chi connectivity index (χ0) is 20.0. The van der Waals surface area contributed by atoms with Crippen LogP contribution in [0.3, 0.4) is 0 Å². The normalized spacial score (nSPS) is 15.7. The molecule has 0 saturated heterocycles. The lowest BCUT2D eigenvalue weighted by Gasteiger charge is -2.21. The van der Waals surface area contributed by atoms with Crippen molar-refractivity contribution in [3.05, 3.63) is 47.8 Å². The van der Waals surface area contributed by atoms with E-state index in [4.69, 9.17) is 0 Å². The van der Waals surface area contributed by atoms with Crippen LogP contribution in [0.25, 0.3) is 5.57 Å². The standard InChI is InChI=1S/C21H28N4OS/c1-7-9-10-17(8-2)25-15(3)23-14-16(13-19(25)26)20-18(24(4)5)11-12-22-21(20)27-6/h8-13H,7,14H2,1-6H3/b10-9-,17-8+. The monoisotopic (exact) mass is 384 g/mol. The van der Waals surface area contributed by atoms with Crippen molar-refractivity contribution in [2.45, 2.75) is 32.2 Å². The molecule has 0 atom stereocenters. The summed E-state index contributed by atoms with van der Waals surface area (Å²) < 4.78 is 0. The van der Waals surface area contributed by atoms with Gasteiger partial charge < -0.3 is 4.90 Å². The predicted octanol–water partition coefficient (Wildman–Crippen LogP) is 4.38. The minimum atomic E-state index is -0.0850. The van der Waals surface area contributed by atoms with E-state index in [1.807, 2.05) is 63.4 Å². The number of carbonyl (C=O) groups excluding carboxylic acids is 1. The third-order valence-electron chi connectivity index (χ3n) is 4.29. The van der Waals surface area contributed by atoms with Gasteiger partial charge >= 0.3 is 0 Å². The fraction of sp³-hybridized carbons (Fsp3) is 0.381. The molecule has 27 heavy (non-hydrogen) atoms. The minimum absolute atomic E-state index is 0.0850. The van der Waals surface area contributed by atoms with Crippen molar-refractivity contribution in [3.8, 4) is 0 Å². The highest BCUT2D eigenvalue weighted by Gasteiger charge is 2.24. The number of aromatic nitrogens is 1. The molecule has 0 N–H and O–H groups in total. The number of thioether (sulfide) groups is 1. The van der Waals surface area contributed by atoms with E-state index >= 15 is 0 Å². The Balaban J connectivity index is 2.56. The Morgan fingerprint density at radius 2 is 2.15 bits per heavy atom. The second kappa shape index (κ2) is 9.55. The van der Waals surface area contributed by atoms with E-state index in [-0.39, 0.29) is 5.91 Å². The molecule has 0 aliphatic carbocycles. The van der Waals surface area contributed by atoms with Crippen molar-refractivity contribution in [1.82, 2.24) is 9.88 Å². The van der Waals surface area contributed by atoms with Crippen LogP contribution < -0.4 is 4.90 Å². The number of allylic oxidation sites excluding steroid dienone is 3. The second-order valence-electron chi connectivity index (χ2n) is 6.34. The Morgan fingerprint density at radius 1 is 1.41 bits per heavy atom. The molecule has 1 aliphatic rings. The number of nitrogens with zero attached hydrogens (tertiary/aromatic N) is 4. The number of rotatable bonds is 6. The summed E-state index contributed by atoms with van der Waals surface area (Å²) in [4.78, 5) is 26.0. The Morgan fingerprint density at radius 3 is 2.74 bits per heavy atom. The number of amides is 1. The van der Waals surface area contributed by atoms with Crippen molar-refractivity contribution in [3.63, 3.8) is 0 Å². The van der Waals surface area contributed by atoms with Crippen LogP contribution in [0.2, 0.25) is 0 Å². The van der Waals surface area contributed by atoms with Gasteiger partial charge in [-0.2, -0.15) is 0 Å². The molecule has 144 valence electrons. The third kappa shape index (κ3) is 4.69. The lowest BCUT2D eigenvalue weighted by atomic mass is 10.0. The van der Waals surface area contributed by atoms with Crippen LogP contribution in [0.5, 0.6) is 0 Å². The van der Waals surface area contributed by atoms with Crippen LogP contribution in [-0.4, -0.2) is 48.5 Å². The molecule has 6 heteroatoms. The van der Waals surface area contributed by atoms with E-state index in [1.165, 1.54) is 0 Å². The Labute approximate surface area is 166 Å². The number of pyridine rings is 1. The first-order valence-electron chi connectivity index (χ1n) is 9.03. The summed E-state index contributed by atoms with van der Waals surface area (Å²) >= 11 is 1.58. The van der Waals surface area contributed by atoms with Crippen LogP contribution in [0.1, 0.15) is 32.8 Å². The number of carbonyl (C=O) groups is 1. The summed E-state index contributed by atoms with van der Waals surface area (Å²) in [5.41, 5.74) is 3.74. The van der Waals surface area contributed by atoms with Crippen LogP contribution in [-0.2, 0) is 4.79 Å². The molecule has 1 aromatic heterocycles. The largest absolute Gasteiger partial charge is 0.377 e. The second-order valence-corrected chi connectivity index (χ2v) is 7.13. The SMILES string of the molecule is C/C=C(\C=C/CC)N1C(=O)C=C(c2c(N(C)C)ccnc2SC)CN=C1C. The van der Waals surface area contributed by atoms with Gasteiger partial charge in [0, 0.05) is 43.3 Å². The molecule has 0 fully saturated rings. The minimum Gasteiger partial charge on any atom is -0.377 e. The highest BCUT2D eigenvalue weighted by molar-refractivity contribution is 7.98. The van der Waals surface area contributed by atoms with Gasteiger partial charge in [0.1, 0.15) is 10.9 Å². The van der Waals surface area contributed by atoms with Gasteiger partial charge in [-0.05, 0) is 44.2 Å². The quantitative estimate of drug-likeness (QED) is 0.539. The van der Waals surface area contributed by atoms with Crippen LogP contribution in [0.15, 0.2) is 52.3 Å². The number of anilines is 1. The molecule has 2 rings (SSSR count). The van der Waals surface area contributed by atoms with Gasteiger partial charge in [-0.1, -0.05) is 19.1 Å². The zero-order valence-corrected chi connectivity index (χ0v) is 17.8.